The van der Waals surface area contributed by atoms with Gasteiger partial charge in [0.25, 0.3) is 5.97 Å². The number of carboxylic acid groups (broad SMARTS) is 7. The highest BCUT2D eigenvalue weighted by Crippen LogP contribution is 2.71. The summed E-state index contributed by atoms with van der Waals surface area (Å²) in [7, 11) is -64.6. The summed E-state index contributed by atoms with van der Waals surface area (Å²) >= 11 is 0. The Morgan fingerprint density at radius 1 is 0.453 bits per heavy atom. The summed E-state index contributed by atoms with van der Waals surface area (Å²) in [5, 5.41) is 178. The van der Waals surface area contributed by atoms with Crippen molar-refractivity contribution in [3.8, 4) is 0 Å². The van der Waals surface area contributed by atoms with Crippen LogP contribution in [0.25, 0.3) is 0 Å². The highest BCUT2D eigenvalue weighted by molar-refractivity contribution is 8.22. The summed E-state index contributed by atoms with van der Waals surface area (Å²) in [5.74, 6) is -8.04. The van der Waals surface area contributed by atoms with Gasteiger partial charge in [0.15, 0.2) is 0 Å². The van der Waals surface area contributed by atoms with Crippen LogP contribution in [0.3, 0.4) is 0 Å². The summed E-state index contributed by atoms with van der Waals surface area (Å²) < 4.78 is 226. The number of rotatable bonds is 73. The number of phosphoric ester groups is 1. The maximum Gasteiger partial charge on any atom is 0.593 e. The second kappa shape index (κ2) is 79.2. The molecule has 0 bridgehead atoms. The fraction of sp³-hybridized carbons (Fsp3) is 0.750. The Morgan fingerprint density at radius 3 is 1.02 bits per heavy atom. The third kappa shape index (κ3) is 73.6. The van der Waals surface area contributed by atoms with Crippen molar-refractivity contribution >= 4 is 155 Å². The van der Waals surface area contributed by atoms with Crippen molar-refractivity contribution in [3.63, 3.8) is 0 Å². The van der Waals surface area contributed by atoms with Crippen molar-refractivity contribution in [1.82, 2.24) is 0 Å². The van der Waals surface area contributed by atoms with Crippen LogP contribution in [0.1, 0.15) is 208 Å². The van der Waals surface area contributed by atoms with Gasteiger partial charge >= 0.3 is 105 Å². The molecule has 4 aliphatic carbocycles. The molecule has 69 nitrogen and oxygen atoms in total. The van der Waals surface area contributed by atoms with Crippen molar-refractivity contribution in [2.45, 2.75) is 225 Å². The summed E-state index contributed by atoms with van der Waals surface area (Å²) in [4.78, 5) is 169. The number of unbranched alkanes of at least 4 members (excludes halogenated alkanes) is 1. The zero-order chi connectivity index (χ0) is 116. The predicted molar refractivity (Wildman–Crippen MR) is 437 cm³/mol. The number of carbonyl (C=O) groups is 7. The van der Waals surface area contributed by atoms with E-state index < -0.39 is 242 Å². The van der Waals surface area contributed by atoms with E-state index in [1.54, 1.807) is 6.08 Å². The van der Waals surface area contributed by atoms with E-state index in [-0.39, 0.29) is 76.4 Å². The molecule has 0 spiro atoms. The molecule has 0 aliphatic heterocycles. The Morgan fingerprint density at radius 2 is 0.757 bits per heavy atom. The first-order valence-electron chi connectivity index (χ1n) is 41.0. The fourth-order valence-electron chi connectivity index (χ4n) is 10.5. The number of phosphoric acid groups is 1. The molecule has 0 heterocycles. The molecule has 0 aromatic rings. The highest BCUT2D eigenvalue weighted by Gasteiger charge is 2.53. The van der Waals surface area contributed by atoms with Crippen LogP contribution in [0.4, 0.5) is 0 Å². The summed E-state index contributed by atoms with van der Waals surface area (Å²) in [5.41, 5.74) is -3.69. The Kier molecular flexibility index (Phi) is 81.7. The molecule has 4 saturated carbocycles. The molecule has 17 atom stereocenters. The van der Waals surface area contributed by atoms with Crippen LogP contribution in [-0.4, -0.2) is 120 Å². The zero-order valence-corrected chi connectivity index (χ0v) is 91.5. The number of hydrogen-bond acceptors (Lipinski definition) is 68. The molecule has 0 aromatic heterocycles. The van der Waals surface area contributed by atoms with Gasteiger partial charge in [-0.3, -0.25) is 71.7 Å². The van der Waals surface area contributed by atoms with Crippen LogP contribution >= 0.6 is 113 Å². The van der Waals surface area contributed by atoms with E-state index in [9.17, 15) is 219 Å². The molecule has 3 N–H and O–H groups in total. The Labute approximate surface area is 846 Å². The van der Waals surface area contributed by atoms with Crippen LogP contribution in [0.15, 0.2) is 35.5 Å². The average molecular weight is 2440 g/mol. The third-order valence-corrected chi connectivity index (χ3v) is 38.5. The molecular weight excluding hydrogens is 2340 g/mol. The molecular formula is C64H101O69P15-14. The summed E-state index contributed by atoms with van der Waals surface area (Å²) in [6, 6.07) is 0. The number of carbonyl (C=O) groups excluding carboxylic acids is 6. The molecule has 148 heavy (non-hydrogen) atoms. The van der Waals surface area contributed by atoms with E-state index in [1.807, 2.05) is 0 Å². The molecule has 84 heteroatoms. The Bertz CT molecular complexity index is 4600. The van der Waals surface area contributed by atoms with E-state index in [2.05, 4.69) is 152 Å². The minimum absolute atomic E-state index is 0.00500. The summed E-state index contributed by atoms with van der Waals surface area (Å²) in [6.45, 7) is 18.3. The molecule has 4 rings (SSSR count). The van der Waals surface area contributed by atoms with E-state index >= 15 is 0 Å². The molecule has 4 fully saturated rings. The molecule has 4 aliphatic rings. The fourth-order valence-corrected chi connectivity index (χ4v) is 20.8. The van der Waals surface area contributed by atoms with Crippen LogP contribution in [0, 0.1) is 55.3 Å². The lowest BCUT2D eigenvalue weighted by atomic mass is 9.90. The van der Waals surface area contributed by atoms with Crippen molar-refractivity contribution in [3.05, 3.63) is 55.2 Å². The number of aliphatic hydroxyl groups is 2. The van der Waals surface area contributed by atoms with Crippen LogP contribution in [0.2, 0.25) is 0 Å². The molecule has 0 aromatic carbocycles. The second-order valence-corrected chi connectivity index (χ2v) is 61.2. The minimum Gasteiger partial charge on any atom is -0.790 e. The van der Waals surface area contributed by atoms with Gasteiger partial charge in [0.2, 0.25) is 0 Å². The van der Waals surface area contributed by atoms with Gasteiger partial charge < -0.3 is 172 Å². The number of aliphatic carboxylic acids is 7. The Balaban J connectivity index is -0.000000531. The van der Waals surface area contributed by atoms with Gasteiger partial charge in [-0.2, -0.15) is 5.92 Å². The maximum atomic E-state index is 11.6. The van der Waals surface area contributed by atoms with Crippen LogP contribution in [-0.2, 0) is 206 Å². The lowest BCUT2D eigenvalue weighted by Gasteiger charge is -2.43. The van der Waals surface area contributed by atoms with E-state index in [0.29, 0.717) is 79.8 Å². The molecule has 0 amide bonds. The number of allylic oxidation sites excluding steroid dienone is 2. The van der Waals surface area contributed by atoms with Crippen molar-refractivity contribution < 1.29 is 333 Å². The smallest absolute Gasteiger partial charge is 0.593 e. The van der Waals surface area contributed by atoms with Gasteiger partial charge in [-0.15, -0.1) is 32.7 Å². The van der Waals surface area contributed by atoms with E-state index in [0.717, 1.165) is 51.0 Å². The van der Waals surface area contributed by atoms with Crippen molar-refractivity contribution in [2.75, 3.05) is 46.2 Å². The minimum atomic E-state index is -5.61. The zero-order valence-electron chi connectivity index (χ0n) is 78.1. The van der Waals surface area contributed by atoms with Crippen molar-refractivity contribution in [2.24, 2.45) is 35.5 Å². The SMILES string of the molecule is C=C(CCOP(=O)(OO[O-])[P+](=O)[O-])C1CC1.CC(=O)O.CC(C)CCC/C=C(/CCOP(=O)(OO[O-])[P+](=O)[O-])CC(=O)[O-].CCC(O)(CCOP(=O)(OO[O-])[P+](=O)[O-])CC(=O)[O-].O=C([O-])CC(CCOP(=O)(OO[O-])[P+](=O)[O-])(OP(=O)([O-])[O-])C1CC1.O=C([O-])CC(O)(CCOP(=O)(OO[O-])[P+](=O)[O-])C1CC1.O=C([O-])C[C+](CCOP(=O)(OO[O-])[P+](=O)[O-])C1CC1.[CH2+]C/C=C(/CCOP(=O)(OO[O-])[P+](=O)[O-])CC(=O)[O-].[CH2-]C(C)C. The normalized spacial score (nSPS) is 18.2. The molecule has 17 unspecified atom stereocenters. The van der Waals surface area contributed by atoms with Gasteiger partial charge in [0.05, 0.1) is 77.2 Å². The van der Waals surface area contributed by atoms with Gasteiger partial charge in [0, 0.05) is 88.1 Å². The van der Waals surface area contributed by atoms with Crippen LogP contribution in [0.5, 0.6) is 0 Å². The first-order chi connectivity index (χ1) is 68.3. The first kappa shape index (κ1) is 153. The van der Waals surface area contributed by atoms with E-state index in [4.69, 9.17) is 9.90 Å². The molecule has 0 saturated heterocycles. The third-order valence-electron chi connectivity index (χ3n) is 17.6. The molecule has 860 valence electrons. The standard InChI is InChI=1S/C12H22O9P2.C8H15O13P3.C8H14O10P2.2C8H12O9P2.C7H14O10P2.C7H12O7P2.C4H9.C2H4O2/c1-10(2)5-3-4-6-11(9-12(13)14)7-8-19-23(18,21-20-15)22(16)17;9-7(10)5-8(6-1-2-6,19-23(14,15)16)3-4-18-24(17,21-20-11)22(12)13;9-7(10)5-8(11,6-1-2-6)3-4-16-20(15,18-17-12)19(13)14;9-8(10)5-7(6-1-2-6)3-4-15-19(14,17-16-11)18(12)13;1-2-3-7(6-8(9)10)4-5-15-19(14,17-16-11)18(12)13;1-2-7(10,5-6(8)9)3-4-15-19(14,17-16-11)18(12)13;1-6(7-2-3-7)4-5-12-16(11,14-13-8)15(9)10;1-4(2)3;1-2(3)4/h6,10,15H,3-5,7-9H2,1-2H3,(H,13,14);6,11H,1-5H2,(H,9,10)(H2,14,15,16);6,11-12H,1-5H2,(H,9,10);6H,1-5H2,(H-,9,10,11);3H,1-2,4-6H2,(H-,9,10,11);10-11H,2-5H2,1H3,(H,8,9);7-8H,1-5H2;4H,1H2,2-3H3;1H3,(H,3,4)/q;;;;;;;-1;/p-13/b11-6-;;;;7-3-;;;;. The van der Waals surface area contributed by atoms with Gasteiger partial charge in [-0.1, -0.05) is 102 Å². The monoisotopic (exact) mass is 2440 g/mol. The highest BCUT2D eigenvalue weighted by atomic mass is 32.1. The van der Waals surface area contributed by atoms with E-state index in [1.165, 1.54) is 13.0 Å². The van der Waals surface area contributed by atoms with Crippen molar-refractivity contribution in [1.29, 1.82) is 0 Å². The largest absolute Gasteiger partial charge is 0.790 e. The summed E-state index contributed by atoms with van der Waals surface area (Å²) in [6.07, 6.45) is 7.44. The van der Waals surface area contributed by atoms with Gasteiger partial charge in [-0.25, -0.2) is 32.0 Å². The number of hydrogen-bond donors (Lipinski definition) is 3. The predicted octanol–water partition coefficient (Wildman–Crippen LogP) is -5.67. The first-order valence-corrected chi connectivity index (χ1v) is 66.4. The Hall–Kier alpha value is -3.81. The van der Waals surface area contributed by atoms with Crippen LogP contribution < -0.4 is 111 Å². The topological polar surface area (TPSA) is 1150 Å². The van der Waals surface area contributed by atoms with Gasteiger partial charge in [0.1, 0.15) is 37.7 Å². The van der Waals surface area contributed by atoms with Gasteiger partial charge in [-0.05, 0) is 120 Å². The molecule has 0 radical (unpaired) electrons. The second-order valence-electron chi connectivity index (χ2n) is 30.3. The maximum absolute atomic E-state index is 11.6. The number of carboxylic acids is 7. The quantitative estimate of drug-likeness (QED) is 0.0128. The average Bonchev–Trinajstić information content (AvgIpc) is 1.68. The lowest BCUT2D eigenvalue weighted by molar-refractivity contribution is -0.780. The lowest BCUT2D eigenvalue weighted by Crippen LogP contribution is -2.44.